The van der Waals surface area contributed by atoms with Crippen LogP contribution >= 0.6 is 0 Å². The number of amides is 2. The van der Waals surface area contributed by atoms with Crippen LogP contribution in [0, 0.1) is 20.8 Å². The summed E-state index contributed by atoms with van der Waals surface area (Å²) in [6.07, 6.45) is -0.850. The van der Waals surface area contributed by atoms with Gasteiger partial charge in [-0.15, -0.1) is 0 Å². The lowest BCUT2D eigenvalue weighted by Crippen LogP contribution is -2.30. The number of nitrogens with zero attached hydrogens (tertiary/aromatic N) is 2. The summed E-state index contributed by atoms with van der Waals surface area (Å²) in [6.45, 7) is 7.48. The molecule has 0 saturated heterocycles. The van der Waals surface area contributed by atoms with Gasteiger partial charge >= 0.3 is 0 Å². The summed E-state index contributed by atoms with van der Waals surface area (Å²) >= 11 is 0. The summed E-state index contributed by atoms with van der Waals surface area (Å²) < 4.78 is 12.0. The highest BCUT2D eigenvalue weighted by atomic mass is 16.5. The van der Waals surface area contributed by atoms with Gasteiger partial charge in [0.2, 0.25) is 0 Å². The zero-order valence-corrected chi connectivity index (χ0v) is 23.0. The van der Waals surface area contributed by atoms with Gasteiger partial charge in [-0.05, 0) is 69.7 Å². The van der Waals surface area contributed by atoms with E-state index in [0.29, 0.717) is 28.1 Å². The third kappa shape index (κ3) is 6.27. The first-order valence-corrected chi connectivity index (χ1v) is 12.9. The zero-order valence-electron chi connectivity index (χ0n) is 23.0. The molecule has 208 valence electrons. The van der Waals surface area contributed by atoms with Crippen molar-refractivity contribution in [1.82, 2.24) is 15.4 Å². The molecule has 5 rings (SSSR count). The molecule has 2 amide bonds. The summed E-state index contributed by atoms with van der Waals surface area (Å²) in [5.41, 5.74) is 4.81. The van der Waals surface area contributed by atoms with E-state index in [1.165, 1.54) is 12.1 Å². The molecular weight excluding hydrogens is 522 g/mol. The number of aryl methyl sites for hydroxylation is 3. The second kappa shape index (κ2) is 11.4. The van der Waals surface area contributed by atoms with Crippen molar-refractivity contribution in [3.63, 3.8) is 0 Å². The van der Waals surface area contributed by atoms with Crippen molar-refractivity contribution in [2.24, 2.45) is 0 Å². The number of aromatic hydroxyl groups is 1. The van der Waals surface area contributed by atoms with E-state index in [0.717, 1.165) is 16.7 Å². The van der Waals surface area contributed by atoms with E-state index in [9.17, 15) is 14.7 Å². The summed E-state index contributed by atoms with van der Waals surface area (Å²) in [6, 6.07) is 20.7. The number of hydrogen-bond donors (Lipinski definition) is 4. The minimum atomic E-state index is -0.850. The molecule has 41 heavy (non-hydrogen) atoms. The predicted molar refractivity (Wildman–Crippen MR) is 156 cm³/mol. The lowest BCUT2D eigenvalue weighted by atomic mass is 10.1. The molecular formula is C31H29N5O5. The molecule has 1 unspecified atom stereocenters. The van der Waals surface area contributed by atoms with Crippen LogP contribution in [0.3, 0.4) is 0 Å². The van der Waals surface area contributed by atoms with Crippen LogP contribution in [-0.2, 0) is 4.79 Å². The first kappa shape index (κ1) is 27.2. The van der Waals surface area contributed by atoms with Crippen LogP contribution in [-0.4, -0.2) is 38.4 Å². The van der Waals surface area contributed by atoms with Gasteiger partial charge in [-0.1, -0.05) is 35.4 Å². The number of fused-ring (bicyclic) bond motifs is 1. The number of rotatable bonds is 8. The summed E-state index contributed by atoms with van der Waals surface area (Å²) in [5, 5.41) is 26.8. The summed E-state index contributed by atoms with van der Waals surface area (Å²) in [5.74, 6) is 0.121. The van der Waals surface area contributed by atoms with Crippen molar-refractivity contribution in [2.75, 3.05) is 10.6 Å². The molecule has 10 nitrogen and oxygen atoms in total. The van der Waals surface area contributed by atoms with Crippen molar-refractivity contribution in [2.45, 2.75) is 33.8 Å². The molecule has 1 aromatic heterocycles. The number of anilines is 2. The Morgan fingerprint density at radius 3 is 2.29 bits per heavy atom. The van der Waals surface area contributed by atoms with Crippen molar-refractivity contribution in [3.8, 4) is 23.0 Å². The Balaban J connectivity index is 1.41. The quantitative estimate of drug-likeness (QED) is 0.173. The molecule has 4 N–H and O–H groups in total. The predicted octanol–water partition coefficient (Wildman–Crippen LogP) is 6.04. The highest BCUT2D eigenvalue weighted by Gasteiger charge is 2.21. The molecule has 0 aliphatic carbocycles. The molecule has 0 fully saturated rings. The minimum Gasteiger partial charge on any atom is -0.506 e. The Hall–Kier alpha value is -5.38. The van der Waals surface area contributed by atoms with Crippen molar-refractivity contribution >= 4 is 34.2 Å². The largest absolute Gasteiger partial charge is 0.506 e. The molecule has 0 spiro atoms. The Kier molecular flexibility index (Phi) is 7.55. The molecule has 0 saturated carbocycles. The number of ether oxygens (including phenoxy) is 2. The van der Waals surface area contributed by atoms with E-state index in [2.05, 4.69) is 26.0 Å². The van der Waals surface area contributed by atoms with E-state index >= 15 is 0 Å². The molecule has 5 aromatic rings. The van der Waals surface area contributed by atoms with Gasteiger partial charge in [-0.2, -0.15) is 15.4 Å². The van der Waals surface area contributed by atoms with Gasteiger partial charge in [0.25, 0.3) is 11.8 Å². The van der Waals surface area contributed by atoms with E-state index in [1.54, 1.807) is 37.3 Å². The van der Waals surface area contributed by atoms with Gasteiger partial charge in [-0.3, -0.25) is 9.59 Å². The molecule has 0 radical (unpaired) electrons. The van der Waals surface area contributed by atoms with Gasteiger partial charge in [0, 0.05) is 17.7 Å². The zero-order chi connectivity index (χ0) is 29.1. The molecule has 0 aliphatic rings. The second-order valence-corrected chi connectivity index (χ2v) is 9.78. The van der Waals surface area contributed by atoms with Crippen LogP contribution in [0.15, 0.2) is 72.8 Å². The topological polar surface area (TPSA) is 138 Å². The third-order valence-electron chi connectivity index (χ3n) is 6.43. The Labute approximate surface area is 236 Å². The Morgan fingerprint density at radius 2 is 1.54 bits per heavy atom. The standard InChI is InChI=1S/C31H29N5O5/c1-17-5-9-22(10-6-17)41-29-16-25(32-31(39)21-8-11-23-24(14-21)35-36-34-23)27(37)15-26(29)33-30(38)20(4)40-28-12-7-18(2)13-19(28)3/h5-16,20,37H,1-4H3,(H,32,39)(H,33,38)(H,34,35,36). The number of hydrogen-bond acceptors (Lipinski definition) is 7. The highest BCUT2D eigenvalue weighted by Crippen LogP contribution is 2.39. The molecule has 10 heteroatoms. The third-order valence-corrected chi connectivity index (χ3v) is 6.43. The maximum Gasteiger partial charge on any atom is 0.265 e. The number of carbonyl (C=O) groups excluding carboxylic acids is 2. The Morgan fingerprint density at radius 1 is 0.805 bits per heavy atom. The van der Waals surface area contributed by atoms with E-state index in [-0.39, 0.29) is 22.9 Å². The van der Waals surface area contributed by atoms with Crippen molar-refractivity contribution in [3.05, 3.63) is 95.1 Å². The number of benzene rings is 4. The van der Waals surface area contributed by atoms with Crippen LogP contribution in [0.5, 0.6) is 23.0 Å². The number of carbonyl (C=O) groups is 2. The fourth-order valence-corrected chi connectivity index (χ4v) is 4.17. The average Bonchev–Trinajstić information content (AvgIpc) is 3.42. The summed E-state index contributed by atoms with van der Waals surface area (Å²) in [4.78, 5) is 26.1. The van der Waals surface area contributed by atoms with Gasteiger partial charge in [-0.25, -0.2) is 0 Å². The SMILES string of the molecule is Cc1ccc(Oc2cc(NC(=O)c3ccc4n[nH]nc4c3)c(O)cc2NC(=O)C(C)Oc2ccc(C)cc2C)cc1. The van der Waals surface area contributed by atoms with Crippen molar-refractivity contribution in [1.29, 1.82) is 0 Å². The molecule has 1 atom stereocenters. The lowest BCUT2D eigenvalue weighted by molar-refractivity contribution is -0.122. The maximum atomic E-state index is 13.1. The van der Waals surface area contributed by atoms with Crippen LogP contribution in [0.1, 0.15) is 34.0 Å². The number of phenolic OH excluding ortho intramolecular Hbond substituents is 1. The highest BCUT2D eigenvalue weighted by molar-refractivity contribution is 6.07. The smallest absolute Gasteiger partial charge is 0.265 e. The van der Waals surface area contributed by atoms with Gasteiger partial charge in [0.1, 0.15) is 28.3 Å². The van der Waals surface area contributed by atoms with Crippen LogP contribution in [0.4, 0.5) is 11.4 Å². The molecule has 0 aliphatic heterocycles. The lowest BCUT2D eigenvalue weighted by Gasteiger charge is -2.19. The monoisotopic (exact) mass is 551 g/mol. The van der Waals surface area contributed by atoms with Gasteiger partial charge < -0.3 is 25.2 Å². The van der Waals surface area contributed by atoms with Crippen LogP contribution < -0.4 is 20.1 Å². The molecule has 1 heterocycles. The first-order valence-electron chi connectivity index (χ1n) is 12.9. The normalized spacial score (nSPS) is 11.6. The van der Waals surface area contributed by atoms with Crippen LogP contribution in [0.25, 0.3) is 11.0 Å². The fourth-order valence-electron chi connectivity index (χ4n) is 4.17. The molecule has 4 aromatic carbocycles. The van der Waals surface area contributed by atoms with Gasteiger partial charge in [0.15, 0.2) is 11.9 Å². The minimum absolute atomic E-state index is 0.0925. The van der Waals surface area contributed by atoms with Crippen molar-refractivity contribution < 1.29 is 24.2 Å². The first-order chi connectivity index (χ1) is 19.7. The summed E-state index contributed by atoms with van der Waals surface area (Å²) in [7, 11) is 0. The maximum absolute atomic E-state index is 13.1. The number of aromatic nitrogens is 3. The number of nitrogens with one attached hydrogen (secondary N) is 3. The average molecular weight is 552 g/mol. The molecule has 0 bridgehead atoms. The van der Waals surface area contributed by atoms with E-state index in [4.69, 9.17) is 9.47 Å². The van der Waals surface area contributed by atoms with Gasteiger partial charge in [0.05, 0.1) is 11.4 Å². The van der Waals surface area contributed by atoms with E-state index < -0.39 is 17.9 Å². The second-order valence-electron chi connectivity index (χ2n) is 9.78. The fraction of sp³-hybridized carbons (Fsp3) is 0.161. The number of aromatic amines is 1. The number of H-pyrrole nitrogens is 1. The van der Waals surface area contributed by atoms with Crippen LogP contribution in [0.2, 0.25) is 0 Å². The Bertz CT molecular complexity index is 1750. The van der Waals surface area contributed by atoms with E-state index in [1.807, 2.05) is 51.1 Å². The number of phenols is 1.